The molecule has 0 heterocycles. The quantitative estimate of drug-likeness (QED) is 0.710. The Balaban J connectivity index is 1.92. The predicted molar refractivity (Wildman–Crippen MR) is 109 cm³/mol. The highest BCUT2D eigenvalue weighted by atomic mass is 32.2. The number of para-hydroxylation sites is 1. The summed E-state index contributed by atoms with van der Waals surface area (Å²) in [6, 6.07) is 14.5. The Morgan fingerprint density at radius 2 is 1.78 bits per heavy atom. The lowest BCUT2D eigenvalue weighted by Crippen LogP contribution is -2.32. The van der Waals surface area contributed by atoms with Gasteiger partial charge < -0.3 is 10.1 Å². The number of ether oxygens (including phenoxy) is 1. The predicted octanol–water partition coefficient (Wildman–Crippen LogP) is 3.58. The van der Waals surface area contributed by atoms with Crippen LogP contribution in [-0.2, 0) is 14.8 Å². The summed E-state index contributed by atoms with van der Waals surface area (Å²) < 4.78 is 31.0. The van der Waals surface area contributed by atoms with Gasteiger partial charge >= 0.3 is 0 Å². The Bertz CT molecular complexity index is 864. The molecule has 2 rings (SSSR count). The molecule has 0 spiro atoms. The molecule has 1 N–H and O–H groups in total. The van der Waals surface area contributed by atoms with E-state index in [0.29, 0.717) is 24.4 Å². The third-order valence-corrected chi connectivity index (χ3v) is 5.18. The number of carbonyl (C=O) groups is 1. The number of amides is 1. The summed E-state index contributed by atoms with van der Waals surface area (Å²) in [5.41, 5.74) is 2.20. The second kappa shape index (κ2) is 9.41. The minimum Gasteiger partial charge on any atom is -0.494 e. The Morgan fingerprint density at radius 1 is 1.11 bits per heavy atom. The fraction of sp³-hybridized carbons (Fsp3) is 0.350. The lowest BCUT2D eigenvalue weighted by atomic mass is 10.2. The van der Waals surface area contributed by atoms with Crippen LogP contribution < -0.4 is 14.4 Å². The van der Waals surface area contributed by atoms with E-state index in [4.69, 9.17) is 4.74 Å². The number of carbonyl (C=O) groups excluding carboxylic acids is 1. The largest absolute Gasteiger partial charge is 0.494 e. The molecule has 0 aliphatic carbocycles. The summed E-state index contributed by atoms with van der Waals surface area (Å²) >= 11 is 0. The molecule has 7 heteroatoms. The minimum atomic E-state index is -3.42. The standard InChI is InChI=1S/C20H26N2O4S/c1-4-26-18-13-11-17(12-14-18)21-20(23)10-7-15-22(27(3,24)25)19-9-6-5-8-16(19)2/h5-6,8-9,11-14H,4,7,10,15H2,1-3H3,(H,21,23). The first kappa shape index (κ1) is 20.8. The molecule has 27 heavy (non-hydrogen) atoms. The number of nitrogens with one attached hydrogen (secondary N) is 1. The van der Waals surface area contributed by atoms with Crippen LogP contribution in [0.2, 0.25) is 0 Å². The normalized spacial score (nSPS) is 11.1. The van der Waals surface area contributed by atoms with Gasteiger partial charge in [-0.2, -0.15) is 0 Å². The van der Waals surface area contributed by atoms with Gasteiger partial charge in [0.2, 0.25) is 15.9 Å². The van der Waals surface area contributed by atoms with Crippen LogP contribution in [0, 0.1) is 6.92 Å². The molecule has 2 aromatic rings. The van der Waals surface area contributed by atoms with E-state index >= 15 is 0 Å². The van der Waals surface area contributed by atoms with Crippen LogP contribution >= 0.6 is 0 Å². The molecule has 0 radical (unpaired) electrons. The maximum atomic E-state index is 12.1. The third kappa shape index (κ3) is 6.29. The first-order valence-corrected chi connectivity index (χ1v) is 10.7. The highest BCUT2D eigenvalue weighted by Crippen LogP contribution is 2.22. The number of sulfonamides is 1. The van der Waals surface area contributed by atoms with Gasteiger partial charge in [0.05, 0.1) is 18.6 Å². The molecule has 2 aromatic carbocycles. The van der Waals surface area contributed by atoms with E-state index in [9.17, 15) is 13.2 Å². The van der Waals surface area contributed by atoms with Gasteiger partial charge in [0.15, 0.2) is 0 Å². The van der Waals surface area contributed by atoms with Gasteiger partial charge in [-0.3, -0.25) is 9.10 Å². The van der Waals surface area contributed by atoms with Crippen molar-refractivity contribution >= 4 is 27.3 Å². The Kier molecular flexibility index (Phi) is 7.24. The van der Waals surface area contributed by atoms with Gasteiger partial charge in [0.1, 0.15) is 5.75 Å². The lowest BCUT2D eigenvalue weighted by Gasteiger charge is -2.24. The zero-order valence-corrected chi connectivity index (χ0v) is 16.8. The molecule has 0 atom stereocenters. The molecular formula is C20H26N2O4S. The van der Waals surface area contributed by atoms with E-state index in [1.54, 1.807) is 36.4 Å². The van der Waals surface area contributed by atoms with Crippen LogP contribution in [0.15, 0.2) is 48.5 Å². The van der Waals surface area contributed by atoms with Crippen molar-refractivity contribution in [2.75, 3.05) is 29.0 Å². The summed E-state index contributed by atoms with van der Waals surface area (Å²) in [7, 11) is -3.42. The van der Waals surface area contributed by atoms with Crippen molar-refractivity contribution in [3.8, 4) is 5.75 Å². The molecule has 0 fully saturated rings. The van der Waals surface area contributed by atoms with Crippen molar-refractivity contribution in [3.05, 3.63) is 54.1 Å². The average Bonchev–Trinajstić information content (AvgIpc) is 2.61. The van der Waals surface area contributed by atoms with E-state index < -0.39 is 10.0 Å². The number of nitrogens with zero attached hydrogens (tertiary/aromatic N) is 1. The number of rotatable bonds is 9. The zero-order valence-electron chi connectivity index (χ0n) is 15.9. The highest BCUT2D eigenvalue weighted by Gasteiger charge is 2.19. The van der Waals surface area contributed by atoms with E-state index in [2.05, 4.69) is 5.32 Å². The summed E-state index contributed by atoms with van der Waals surface area (Å²) in [6.07, 6.45) is 1.83. The lowest BCUT2D eigenvalue weighted by molar-refractivity contribution is -0.116. The molecular weight excluding hydrogens is 364 g/mol. The molecule has 146 valence electrons. The second-order valence-corrected chi connectivity index (χ2v) is 8.14. The Labute approximate surface area is 161 Å². The summed E-state index contributed by atoms with van der Waals surface area (Å²) in [6.45, 7) is 4.61. The zero-order chi connectivity index (χ0) is 19.9. The molecule has 0 aromatic heterocycles. The Hall–Kier alpha value is -2.54. The number of hydrogen-bond donors (Lipinski definition) is 1. The first-order chi connectivity index (χ1) is 12.8. The molecule has 0 saturated heterocycles. The smallest absolute Gasteiger partial charge is 0.232 e. The molecule has 0 aliphatic heterocycles. The number of hydrogen-bond acceptors (Lipinski definition) is 4. The number of aryl methyl sites for hydroxylation is 1. The fourth-order valence-corrected chi connectivity index (χ4v) is 3.74. The van der Waals surface area contributed by atoms with Crippen molar-refractivity contribution in [2.24, 2.45) is 0 Å². The minimum absolute atomic E-state index is 0.155. The summed E-state index contributed by atoms with van der Waals surface area (Å²) in [5, 5.41) is 2.81. The SMILES string of the molecule is CCOc1ccc(NC(=O)CCCN(c2ccccc2C)S(C)(=O)=O)cc1. The highest BCUT2D eigenvalue weighted by molar-refractivity contribution is 7.92. The summed E-state index contributed by atoms with van der Waals surface area (Å²) in [4.78, 5) is 12.1. The van der Waals surface area contributed by atoms with Gasteiger partial charge in [-0.25, -0.2) is 8.42 Å². The van der Waals surface area contributed by atoms with Crippen LogP contribution in [0.1, 0.15) is 25.3 Å². The Morgan fingerprint density at radius 3 is 2.37 bits per heavy atom. The van der Waals surface area contributed by atoms with Crippen molar-refractivity contribution in [1.82, 2.24) is 0 Å². The van der Waals surface area contributed by atoms with E-state index in [0.717, 1.165) is 11.3 Å². The van der Waals surface area contributed by atoms with Crippen LogP contribution in [0.25, 0.3) is 0 Å². The van der Waals surface area contributed by atoms with Crippen LogP contribution in [0.3, 0.4) is 0 Å². The summed E-state index contributed by atoms with van der Waals surface area (Å²) in [5.74, 6) is 0.593. The van der Waals surface area contributed by atoms with Crippen LogP contribution in [-0.4, -0.2) is 33.7 Å². The van der Waals surface area contributed by atoms with Crippen molar-refractivity contribution in [3.63, 3.8) is 0 Å². The molecule has 0 unspecified atom stereocenters. The van der Waals surface area contributed by atoms with Crippen molar-refractivity contribution < 1.29 is 17.9 Å². The van der Waals surface area contributed by atoms with Crippen molar-refractivity contribution in [2.45, 2.75) is 26.7 Å². The van der Waals surface area contributed by atoms with Gasteiger partial charge in [-0.05, 0) is 56.2 Å². The second-order valence-electron chi connectivity index (χ2n) is 6.23. The van der Waals surface area contributed by atoms with Gasteiger partial charge in [0, 0.05) is 18.7 Å². The van der Waals surface area contributed by atoms with E-state index in [-0.39, 0.29) is 18.9 Å². The fourth-order valence-electron chi connectivity index (χ4n) is 2.72. The van der Waals surface area contributed by atoms with Gasteiger partial charge in [-0.15, -0.1) is 0 Å². The molecule has 0 saturated carbocycles. The average molecular weight is 391 g/mol. The first-order valence-electron chi connectivity index (χ1n) is 8.87. The maximum Gasteiger partial charge on any atom is 0.232 e. The van der Waals surface area contributed by atoms with E-state index in [1.165, 1.54) is 10.6 Å². The van der Waals surface area contributed by atoms with Gasteiger partial charge in [0.25, 0.3) is 0 Å². The molecule has 0 bridgehead atoms. The van der Waals surface area contributed by atoms with Crippen LogP contribution in [0.4, 0.5) is 11.4 Å². The third-order valence-electron chi connectivity index (χ3n) is 4.00. The van der Waals surface area contributed by atoms with Crippen molar-refractivity contribution in [1.29, 1.82) is 0 Å². The molecule has 0 aliphatic rings. The topological polar surface area (TPSA) is 75.7 Å². The monoisotopic (exact) mass is 390 g/mol. The number of benzene rings is 2. The number of anilines is 2. The van der Waals surface area contributed by atoms with E-state index in [1.807, 2.05) is 26.0 Å². The van der Waals surface area contributed by atoms with Crippen LogP contribution in [0.5, 0.6) is 5.75 Å². The maximum absolute atomic E-state index is 12.1. The molecule has 6 nitrogen and oxygen atoms in total. The van der Waals surface area contributed by atoms with Gasteiger partial charge in [-0.1, -0.05) is 18.2 Å². The molecule has 1 amide bonds.